The second-order valence-electron chi connectivity index (χ2n) is 9.02. The van der Waals surface area contributed by atoms with Crippen LogP contribution in [-0.2, 0) is 9.53 Å². The third-order valence-corrected chi connectivity index (χ3v) is 7.74. The van der Waals surface area contributed by atoms with E-state index in [-0.39, 0.29) is 17.7 Å². The predicted octanol–water partition coefficient (Wildman–Crippen LogP) is 4.37. The van der Waals surface area contributed by atoms with Crippen LogP contribution in [0.15, 0.2) is 75.7 Å². The predicted molar refractivity (Wildman–Crippen MR) is 155 cm³/mol. The maximum Gasteiger partial charge on any atom is 0.338 e. The number of ether oxygens (including phenoxy) is 4. The van der Waals surface area contributed by atoms with Crippen LogP contribution in [0.4, 0.5) is 0 Å². The molecule has 9 heteroatoms. The smallest absolute Gasteiger partial charge is 0.338 e. The molecule has 0 N–H and O–H groups in total. The number of nitrogens with zero attached hydrogens (tertiary/aromatic N) is 2. The van der Waals surface area contributed by atoms with Crippen molar-refractivity contribution < 1.29 is 23.7 Å². The molecule has 1 aliphatic heterocycles. The van der Waals surface area contributed by atoms with Crippen molar-refractivity contribution in [3.8, 4) is 17.2 Å². The third kappa shape index (κ3) is 4.66. The van der Waals surface area contributed by atoms with E-state index in [4.69, 9.17) is 18.9 Å². The van der Waals surface area contributed by atoms with Gasteiger partial charge in [0.15, 0.2) is 16.3 Å². The van der Waals surface area contributed by atoms with Crippen LogP contribution in [-0.4, -0.2) is 38.0 Å². The molecular weight excluding hydrogens is 528 g/mol. The highest BCUT2D eigenvalue weighted by molar-refractivity contribution is 7.07. The number of thiazole rings is 1. The molecule has 3 aromatic carbocycles. The number of methoxy groups -OCH3 is 2. The number of hydrogen-bond acceptors (Lipinski definition) is 8. The van der Waals surface area contributed by atoms with Crippen LogP contribution in [0.3, 0.4) is 0 Å². The largest absolute Gasteiger partial charge is 0.496 e. The van der Waals surface area contributed by atoms with Gasteiger partial charge in [0.2, 0.25) is 0 Å². The number of rotatable bonds is 8. The summed E-state index contributed by atoms with van der Waals surface area (Å²) in [5, 5.41) is 1.98. The first kappa shape index (κ1) is 27.2. The number of benzene rings is 3. The molecule has 5 rings (SSSR count). The minimum absolute atomic E-state index is 0.185. The average Bonchev–Trinajstić information content (AvgIpc) is 3.26. The fraction of sp³-hybridized carbons (Fsp3) is 0.258. The van der Waals surface area contributed by atoms with Gasteiger partial charge in [-0.2, -0.15) is 0 Å². The summed E-state index contributed by atoms with van der Waals surface area (Å²) in [6.45, 7) is 5.92. The molecule has 0 saturated carbocycles. The van der Waals surface area contributed by atoms with Crippen molar-refractivity contribution in [2.75, 3.05) is 27.4 Å². The Bertz CT molecular complexity index is 1820. The Morgan fingerprint density at radius 2 is 1.77 bits per heavy atom. The Balaban J connectivity index is 1.82. The first-order valence-electron chi connectivity index (χ1n) is 13.0. The van der Waals surface area contributed by atoms with Crippen molar-refractivity contribution in [2.45, 2.75) is 26.8 Å². The number of allylic oxidation sites excluding steroid dienone is 1. The van der Waals surface area contributed by atoms with E-state index in [1.165, 1.54) is 11.3 Å². The van der Waals surface area contributed by atoms with Gasteiger partial charge in [0.25, 0.3) is 5.56 Å². The highest BCUT2D eigenvalue weighted by atomic mass is 32.1. The van der Waals surface area contributed by atoms with Crippen LogP contribution in [0.5, 0.6) is 17.2 Å². The average molecular weight is 559 g/mol. The van der Waals surface area contributed by atoms with Crippen LogP contribution in [0.2, 0.25) is 0 Å². The summed E-state index contributed by atoms with van der Waals surface area (Å²) in [7, 11) is 3.16. The summed E-state index contributed by atoms with van der Waals surface area (Å²) < 4.78 is 24.7. The van der Waals surface area contributed by atoms with E-state index in [2.05, 4.69) is 4.99 Å². The van der Waals surface area contributed by atoms with Gasteiger partial charge < -0.3 is 18.9 Å². The first-order chi connectivity index (χ1) is 19.4. The normalized spacial score (nSPS) is 15.0. The lowest BCUT2D eigenvalue weighted by molar-refractivity contribution is -0.139. The minimum Gasteiger partial charge on any atom is -0.496 e. The van der Waals surface area contributed by atoms with E-state index in [1.54, 1.807) is 38.7 Å². The molecule has 0 fully saturated rings. The van der Waals surface area contributed by atoms with Gasteiger partial charge in [-0.25, -0.2) is 9.79 Å². The molecule has 1 aromatic heterocycles. The lowest BCUT2D eigenvalue weighted by Gasteiger charge is -2.26. The fourth-order valence-corrected chi connectivity index (χ4v) is 6.06. The van der Waals surface area contributed by atoms with Gasteiger partial charge in [-0.1, -0.05) is 53.8 Å². The van der Waals surface area contributed by atoms with Crippen molar-refractivity contribution >= 4 is 34.2 Å². The third-order valence-electron chi connectivity index (χ3n) is 6.76. The Morgan fingerprint density at radius 3 is 2.50 bits per heavy atom. The van der Waals surface area contributed by atoms with Gasteiger partial charge in [-0.05, 0) is 49.8 Å². The number of para-hydroxylation sites is 1. The van der Waals surface area contributed by atoms with Crippen molar-refractivity contribution in [2.24, 2.45) is 4.99 Å². The van der Waals surface area contributed by atoms with Gasteiger partial charge in [0.1, 0.15) is 11.8 Å². The van der Waals surface area contributed by atoms with Crippen LogP contribution in [0.25, 0.3) is 16.8 Å². The molecule has 0 unspecified atom stereocenters. The van der Waals surface area contributed by atoms with E-state index >= 15 is 0 Å². The van der Waals surface area contributed by atoms with Crippen molar-refractivity contribution in [1.29, 1.82) is 0 Å². The zero-order chi connectivity index (χ0) is 28.4. The zero-order valence-corrected chi connectivity index (χ0v) is 23.8. The number of carbonyl (C=O) groups excluding carboxylic acids is 1. The monoisotopic (exact) mass is 558 g/mol. The molecule has 8 nitrogen and oxygen atoms in total. The highest BCUT2D eigenvalue weighted by Crippen LogP contribution is 2.40. The van der Waals surface area contributed by atoms with E-state index in [9.17, 15) is 9.59 Å². The summed E-state index contributed by atoms with van der Waals surface area (Å²) in [5.74, 6) is 1.07. The molecule has 0 bridgehead atoms. The minimum atomic E-state index is -0.830. The fourth-order valence-electron chi connectivity index (χ4n) is 5.03. The summed E-state index contributed by atoms with van der Waals surface area (Å²) in [6.07, 6.45) is 1.83. The topological polar surface area (TPSA) is 88.4 Å². The Hall–Kier alpha value is -4.37. The Labute approximate surface area is 235 Å². The molecular formula is C31H30N2O6S. The Kier molecular flexibility index (Phi) is 7.75. The van der Waals surface area contributed by atoms with Crippen LogP contribution < -0.4 is 29.1 Å². The lowest BCUT2D eigenvalue weighted by Crippen LogP contribution is -2.40. The number of aromatic nitrogens is 1. The number of carbonyl (C=O) groups is 1. The summed E-state index contributed by atoms with van der Waals surface area (Å²) in [4.78, 5) is 32.7. The molecule has 2 heterocycles. The standard InChI is InChI=1S/C31H30N2O6S/c1-6-38-28-21(13-10-14-24(28)37-5)27-26(30(35)39-7-2)18(3)32-31-33(27)29(34)25(40-31)17-22-20-12-9-8-11-19(20)15-16-23(22)36-4/h8-17,27H,6-7H2,1-5H3/b25-17-/t27-/m1/s1. The molecule has 0 radical (unpaired) electrons. The van der Waals surface area contributed by atoms with E-state index in [0.717, 1.165) is 16.3 Å². The van der Waals surface area contributed by atoms with Crippen LogP contribution >= 0.6 is 11.3 Å². The molecule has 0 spiro atoms. The van der Waals surface area contributed by atoms with Crippen molar-refractivity contribution in [3.05, 3.63) is 96.7 Å². The molecule has 40 heavy (non-hydrogen) atoms. The maximum absolute atomic E-state index is 14.2. The SMILES string of the molecule is CCOC(=O)C1=C(C)N=c2s/c(=C\c3c(OC)ccc4ccccc34)c(=O)n2[C@@H]1c1cccc(OC)c1OCC. The Morgan fingerprint density at radius 1 is 1.00 bits per heavy atom. The molecule has 206 valence electrons. The van der Waals surface area contributed by atoms with E-state index < -0.39 is 12.0 Å². The van der Waals surface area contributed by atoms with E-state index in [0.29, 0.717) is 44.4 Å². The second kappa shape index (κ2) is 11.4. The van der Waals surface area contributed by atoms with Crippen LogP contribution in [0.1, 0.15) is 37.9 Å². The van der Waals surface area contributed by atoms with Crippen molar-refractivity contribution in [1.82, 2.24) is 4.57 Å². The molecule has 1 atom stereocenters. The van der Waals surface area contributed by atoms with Gasteiger partial charge >= 0.3 is 5.97 Å². The molecule has 0 amide bonds. The molecule has 4 aromatic rings. The number of fused-ring (bicyclic) bond motifs is 2. The second-order valence-corrected chi connectivity index (χ2v) is 10.0. The maximum atomic E-state index is 14.2. The van der Waals surface area contributed by atoms with Gasteiger partial charge in [0, 0.05) is 11.1 Å². The van der Waals surface area contributed by atoms with Gasteiger partial charge in [-0.15, -0.1) is 0 Å². The summed E-state index contributed by atoms with van der Waals surface area (Å²) in [5.41, 5.74) is 1.86. The zero-order valence-electron chi connectivity index (χ0n) is 23.0. The van der Waals surface area contributed by atoms with Gasteiger partial charge in [0.05, 0.1) is 43.2 Å². The first-order valence-corrected chi connectivity index (χ1v) is 13.8. The molecule has 0 saturated heterocycles. The molecule has 1 aliphatic rings. The quantitative estimate of drug-likeness (QED) is 0.299. The van der Waals surface area contributed by atoms with Crippen molar-refractivity contribution in [3.63, 3.8) is 0 Å². The summed E-state index contributed by atoms with van der Waals surface area (Å²) in [6, 6.07) is 16.4. The van der Waals surface area contributed by atoms with Gasteiger partial charge in [-0.3, -0.25) is 9.36 Å². The molecule has 0 aliphatic carbocycles. The number of hydrogen-bond donors (Lipinski definition) is 0. The van der Waals surface area contributed by atoms with Crippen LogP contribution in [0, 0.1) is 0 Å². The number of esters is 1. The summed E-state index contributed by atoms with van der Waals surface area (Å²) >= 11 is 1.26. The lowest BCUT2D eigenvalue weighted by atomic mass is 9.94. The highest BCUT2D eigenvalue weighted by Gasteiger charge is 2.36. The van der Waals surface area contributed by atoms with E-state index in [1.807, 2.05) is 61.5 Å².